The molecule has 9 nitrogen and oxygen atoms in total. The Morgan fingerprint density at radius 2 is 1.84 bits per heavy atom. The van der Waals surface area contributed by atoms with Crippen molar-refractivity contribution in [3.8, 4) is 0 Å². The van der Waals surface area contributed by atoms with Crippen molar-refractivity contribution in [1.29, 1.82) is 0 Å². The van der Waals surface area contributed by atoms with Crippen molar-refractivity contribution < 1.29 is 33.0 Å². The number of rotatable bonds is 9. The van der Waals surface area contributed by atoms with E-state index in [1.54, 1.807) is 0 Å². The third-order valence-corrected chi connectivity index (χ3v) is 10.1. The number of nitrogens with one attached hydrogen (secondary N) is 1. The van der Waals surface area contributed by atoms with Gasteiger partial charge in [0.15, 0.2) is 19.8 Å². The smallest absolute Gasteiger partial charge is 0.408 e. The first-order chi connectivity index (χ1) is 14.4. The molecule has 2 amide bonds. The Balaban J connectivity index is 2.23. The number of ether oxygens (including phenoxy) is 3. The maximum atomic E-state index is 12.8. The van der Waals surface area contributed by atoms with Crippen LogP contribution in [0.15, 0.2) is 36.8 Å². The molecule has 0 aromatic heterocycles. The molecule has 10 heteroatoms. The SMILES string of the molecule is C=CCOC(=O)N[C@@H]1C(=O)N2C(C(=O)OCC=C)=C(CO[Si](C)(C)C(C)(C)C)OC[C@H]12. The van der Waals surface area contributed by atoms with Crippen LogP contribution in [-0.2, 0) is 28.2 Å². The molecule has 0 spiro atoms. The Bertz CT molecular complexity index is 785. The highest BCUT2D eigenvalue weighted by atomic mass is 28.4. The zero-order valence-corrected chi connectivity index (χ0v) is 19.9. The van der Waals surface area contributed by atoms with Gasteiger partial charge in [-0.05, 0) is 18.1 Å². The maximum absolute atomic E-state index is 12.8. The summed E-state index contributed by atoms with van der Waals surface area (Å²) in [7, 11) is -2.13. The average molecular weight is 453 g/mol. The highest BCUT2D eigenvalue weighted by molar-refractivity contribution is 6.74. The van der Waals surface area contributed by atoms with Crippen LogP contribution >= 0.6 is 0 Å². The third kappa shape index (κ3) is 5.37. The molecule has 0 aliphatic carbocycles. The fraction of sp³-hybridized carbons (Fsp3) is 0.571. The molecule has 172 valence electrons. The molecule has 0 saturated carbocycles. The summed E-state index contributed by atoms with van der Waals surface area (Å²) >= 11 is 0. The summed E-state index contributed by atoms with van der Waals surface area (Å²) in [6.45, 7) is 17.6. The second-order valence-electron chi connectivity index (χ2n) is 8.80. The Labute approximate surface area is 184 Å². The van der Waals surface area contributed by atoms with Crippen molar-refractivity contribution in [2.75, 3.05) is 26.4 Å². The van der Waals surface area contributed by atoms with Gasteiger partial charge >= 0.3 is 12.1 Å². The van der Waals surface area contributed by atoms with Gasteiger partial charge in [-0.2, -0.15) is 0 Å². The molecule has 1 N–H and O–H groups in total. The zero-order chi connectivity index (χ0) is 23.4. The predicted molar refractivity (Wildman–Crippen MR) is 116 cm³/mol. The third-order valence-electron chi connectivity index (χ3n) is 5.65. The summed E-state index contributed by atoms with van der Waals surface area (Å²) in [6.07, 6.45) is 2.11. The number of fused-ring (bicyclic) bond motifs is 1. The molecule has 0 unspecified atom stereocenters. The largest absolute Gasteiger partial charge is 0.491 e. The Hall–Kier alpha value is -2.59. The van der Waals surface area contributed by atoms with E-state index in [9.17, 15) is 14.4 Å². The number of nitrogens with zero attached hydrogens (tertiary/aromatic N) is 1. The fourth-order valence-electron chi connectivity index (χ4n) is 2.83. The molecule has 0 aromatic carbocycles. The van der Waals surface area contributed by atoms with E-state index in [4.69, 9.17) is 18.6 Å². The second kappa shape index (κ2) is 9.69. The van der Waals surface area contributed by atoms with Gasteiger partial charge in [0, 0.05) is 0 Å². The molecule has 31 heavy (non-hydrogen) atoms. The molecule has 1 fully saturated rings. The molecule has 2 aliphatic rings. The highest BCUT2D eigenvalue weighted by Gasteiger charge is 2.55. The second-order valence-corrected chi connectivity index (χ2v) is 13.6. The summed E-state index contributed by atoms with van der Waals surface area (Å²) in [5, 5.41) is 2.46. The number of amides is 2. The molecule has 2 rings (SSSR count). The lowest BCUT2D eigenvalue weighted by molar-refractivity contribution is -0.160. The number of esters is 1. The van der Waals surface area contributed by atoms with E-state index < -0.39 is 38.4 Å². The summed E-state index contributed by atoms with van der Waals surface area (Å²) in [5.74, 6) is -0.908. The van der Waals surface area contributed by atoms with Crippen LogP contribution in [0.3, 0.4) is 0 Å². The van der Waals surface area contributed by atoms with Crippen LogP contribution in [0, 0.1) is 0 Å². The van der Waals surface area contributed by atoms with E-state index in [1.165, 1.54) is 17.1 Å². The number of hydrogen-bond donors (Lipinski definition) is 1. The quantitative estimate of drug-likeness (QED) is 0.248. The number of carbonyl (C=O) groups excluding carboxylic acids is 3. The monoisotopic (exact) mass is 452 g/mol. The lowest BCUT2D eigenvalue weighted by Crippen LogP contribution is -2.73. The van der Waals surface area contributed by atoms with Crippen molar-refractivity contribution in [1.82, 2.24) is 10.2 Å². The molecule has 2 atom stereocenters. The molecule has 1 saturated heterocycles. The number of alkyl carbamates (subject to hydrolysis) is 1. The van der Waals surface area contributed by atoms with Crippen LogP contribution in [0.5, 0.6) is 0 Å². The van der Waals surface area contributed by atoms with E-state index in [0.717, 1.165) is 0 Å². The van der Waals surface area contributed by atoms with Crippen LogP contribution < -0.4 is 5.32 Å². The van der Waals surface area contributed by atoms with Crippen molar-refractivity contribution in [2.24, 2.45) is 0 Å². The Morgan fingerprint density at radius 1 is 1.23 bits per heavy atom. The van der Waals surface area contributed by atoms with E-state index in [-0.39, 0.29) is 42.9 Å². The molecule has 0 aromatic rings. The van der Waals surface area contributed by atoms with Crippen molar-refractivity contribution in [3.05, 3.63) is 36.8 Å². The molecule has 2 heterocycles. The zero-order valence-electron chi connectivity index (χ0n) is 18.9. The summed E-state index contributed by atoms with van der Waals surface area (Å²) in [6, 6.07) is -1.41. The van der Waals surface area contributed by atoms with Crippen LogP contribution in [-0.4, -0.2) is 69.7 Å². The molecular formula is C21H32N2O7Si. The van der Waals surface area contributed by atoms with Crippen molar-refractivity contribution >= 4 is 26.3 Å². The summed E-state index contributed by atoms with van der Waals surface area (Å²) < 4.78 is 22.1. The van der Waals surface area contributed by atoms with Gasteiger partial charge in [-0.3, -0.25) is 9.69 Å². The number of hydrogen-bond acceptors (Lipinski definition) is 7. The van der Waals surface area contributed by atoms with Crippen LogP contribution in [0.25, 0.3) is 0 Å². The van der Waals surface area contributed by atoms with E-state index in [1.807, 2.05) is 0 Å². The van der Waals surface area contributed by atoms with Crippen LogP contribution in [0.1, 0.15) is 20.8 Å². The Morgan fingerprint density at radius 3 is 2.42 bits per heavy atom. The first-order valence-corrected chi connectivity index (χ1v) is 13.0. The van der Waals surface area contributed by atoms with Gasteiger partial charge in [-0.15, -0.1) is 0 Å². The highest BCUT2D eigenvalue weighted by Crippen LogP contribution is 2.38. The van der Waals surface area contributed by atoms with Gasteiger partial charge in [-0.1, -0.05) is 46.1 Å². The van der Waals surface area contributed by atoms with Gasteiger partial charge in [-0.25, -0.2) is 9.59 Å². The Kier molecular flexibility index (Phi) is 7.71. The first-order valence-electron chi connectivity index (χ1n) is 10.1. The van der Waals surface area contributed by atoms with Crippen LogP contribution in [0.4, 0.5) is 4.79 Å². The van der Waals surface area contributed by atoms with Crippen molar-refractivity contribution in [3.63, 3.8) is 0 Å². The van der Waals surface area contributed by atoms with Gasteiger partial charge in [0.2, 0.25) is 0 Å². The summed E-state index contributed by atoms with van der Waals surface area (Å²) in [4.78, 5) is 38.6. The minimum absolute atomic E-state index is 0.000631. The average Bonchev–Trinajstić information content (AvgIpc) is 2.71. The van der Waals surface area contributed by atoms with Crippen LogP contribution in [0.2, 0.25) is 18.1 Å². The van der Waals surface area contributed by atoms with E-state index >= 15 is 0 Å². The summed E-state index contributed by atoms with van der Waals surface area (Å²) in [5.41, 5.74) is -0.000631. The van der Waals surface area contributed by atoms with Gasteiger partial charge in [0.1, 0.15) is 31.9 Å². The standard InChI is InChI=1S/C21H32N2O7Si/c1-8-10-27-19(25)17-15(13-30-31(6,7)21(3,4)5)29-12-14-16(18(24)23(14)17)22-20(26)28-11-9-2/h8-9,14,16H,1-2,10-13H2,3-7H3,(H,22,26)/t14-,16+/m1/s1. The van der Waals surface area contributed by atoms with Gasteiger partial charge in [0.05, 0.1) is 6.61 Å². The molecular weight excluding hydrogens is 420 g/mol. The minimum Gasteiger partial charge on any atom is -0.491 e. The van der Waals surface area contributed by atoms with E-state index in [0.29, 0.717) is 0 Å². The van der Waals surface area contributed by atoms with E-state index in [2.05, 4.69) is 52.3 Å². The lowest BCUT2D eigenvalue weighted by atomic mass is 9.93. The lowest BCUT2D eigenvalue weighted by Gasteiger charge is -2.49. The number of carbonyl (C=O) groups is 3. The van der Waals surface area contributed by atoms with Gasteiger partial charge < -0.3 is 24.0 Å². The van der Waals surface area contributed by atoms with Gasteiger partial charge in [0.25, 0.3) is 5.91 Å². The minimum atomic E-state index is -2.13. The molecule has 0 bridgehead atoms. The molecule has 0 radical (unpaired) electrons. The fourth-order valence-corrected chi connectivity index (χ4v) is 3.75. The molecule has 2 aliphatic heterocycles. The predicted octanol–water partition coefficient (Wildman–Crippen LogP) is 2.47. The topological polar surface area (TPSA) is 103 Å². The van der Waals surface area contributed by atoms with Crippen molar-refractivity contribution in [2.45, 2.75) is 51.0 Å². The maximum Gasteiger partial charge on any atom is 0.408 e. The first kappa shape index (κ1) is 24.7. The normalized spacial score (nSPS) is 20.8. The number of β-lactam (4-membered cyclic amide) rings is 1.